The molecule has 1 aliphatic heterocycles. The molecule has 1 unspecified atom stereocenters. The number of carbonyl (C=O) groups excluding carboxylic acids is 2. The van der Waals surface area contributed by atoms with Crippen molar-refractivity contribution in [2.45, 2.75) is 26.3 Å². The van der Waals surface area contributed by atoms with E-state index in [0.29, 0.717) is 31.9 Å². The average molecular weight is 399 g/mol. The molecule has 7 nitrogen and oxygen atoms in total. The van der Waals surface area contributed by atoms with Crippen LogP contribution in [0.4, 0.5) is 0 Å². The molecule has 2 N–H and O–H groups in total. The van der Waals surface area contributed by atoms with Crippen molar-refractivity contribution in [2.75, 3.05) is 39.4 Å². The lowest BCUT2D eigenvalue weighted by atomic mass is 10.1. The maximum absolute atomic E-state index is 12.3. The fourth-order valence-electron chi connectivity index (χ4n) is 3.44. The normalized spacial score (nSPS) is 15.7. The largest absolute Gasteiger partial charge is 0.465 e. The van der Waals surface area contributed by atoms with Crippen molar-refractivity contribution in [1.29, 1.82) is 0 Å². The lowest BCUT2D eigenvalue weighted by Crippen LogP contribution is -2.44. The van der Waals surface area contributed by atoms with E-state index in [1.807, 2.05) is 44.2 Å². The molecule has 1 saturated heterocycles. The van der Waals surface area contributed by atoms with Crippen molar-refractivity contribution in [3.8, 4) is 0 Å². The predicted octanol–water partition coefficient (Wildman–Crippen LogP) is 2.21. The summed E-state index contributed by atoms with van der Waals surface area (Å²) in [6.45, 7) is 7.50. The van der Waals surface area contributed by atoms with E-state index in [4.69, 9.17) is 9.15 Å². The number of aryl methyl sites for hydroxylation is 2. The van der Waals surface area contributed by atoms with Crippen LogP contribution in [0.15, 0.2) is 40.8 Å². The quantitative estimate of drug-likeness (QED) is 0.711. The van der Waals surface area contributed by atoms with Crippen LogP contribution in [0, 0.1) is 13.8 Å². The van der Waals surface area contributed by atoms with Gasteiger partial charge in [0.25, 0.3) is 5.91 Å². The van der Waals surface area contributed by atoms with E-state index in [1.54, 1.807) is 6.07 Å². The Morgan fingerprint density at radius 3 is 2.52 bits per heavy atom. The molecule has 0 spiro atoms. The van der Waals surface area contributed by atoms with Gasteiger partial charge in [-0.3, -0.25) is 14.5 Å². The van der Waals surface area contributed by atoms with Gasteiger partial charge in [0.05, 0.1) is 19.3 Å². The Hall–Kier alpha value is -2.64. The first-order valence-electron chi connectivity index (χ1n) is 10.0. The smallest absolute Gasteiger partial charge is 0.251 e. The van der Waals surface area contributed by atoms with Gasteiger partial charge in [-0.25, -0.2) is 0 Å². The molecular formula is C22H29N3O4. The van der Waals surface area contributed by atoms with Crippen molar-refractivity contribution in [2.24, 2.45) is 0 Å². The lowest BCUT2D eigenvalue weighted by Gasteiger charge is -2.33. The molecule has 156 valence electrons. The molecule has 0 bridgehead atoms. The van der Waals surface area contributed by atoms with Gasteiger partial charge in [0, 0.05) is 38.2 Å². The highest BCUT2D eigenvalue weighted by Gasteiger charge is 2.25. The summed E-state index contributed by atoms with van der Waals surface area (Å²) in [7, 11) is 0. The number of carbonyl (C=O) groups is 2. The van der Waals surface area contributed by atoms with E-state index >= 15 is 0 Å². The molecule has 1 aromatic carbocycles. The maximum Gasteiger partial charge on any atom is 0.251 e. The molecule has 2 amide bonds. The summed E-state index contributed by atoms with van der Waals surface area (Å²) >= 11 is 0. The second-order valence-electron chi connectivity index (χ2n) is 7.24. The third-order valence-corrected chi connectivity index (χ3v) is 5.10. The standard InChI is InChI=1S/C22H29N3O4/c1-16-5-3-4-6-18(16)22(27)23-10-9-21(26)24-15-19(20-8-7-17(2)29-20)25-11-13-28-14-12-25/h3-8,19H,9-15H2,1-2H3,(H,23,27)(H,24,26). The fourth-order valence-corrected chi connectivity index (χ4v) is 3.44. The van der Waals surface area contributed by atoms with Crippen LogP contribution in [0.1, 0.15) is 39.9 Å². The summed E-state index contributed by atoms with van der Waals surface area (Å²) in [5, 5.41) is 5.79. The molecule has 0 aliphatic carbocycles. The van der Waals surface area contributed by atoms with E-state index in [0.717, 1.165) is 30.2 Å². The molecule has 7 heteroatoms. The molecule has 3 rings (SSSR count). The Balaban J connectivity index is 1.48. The Morgan fingerprint density at radius 1 is 1.07 bits per heavy atom. The van der Waals surface area contributed by atoms with Crippen LogP contribution in [-0.4, -0.2) is 56.1 Å². The maximum atomic E-state index is 12.3. The van der Waals surface area contributed by atoms with Crippen LogP contribution in [-0.2, 0) is 9.53 Å². The van der Waals surface area contributed by atoms with Gasteiger partial charge in [0.1, 0.15) is 11.5 Å². The molecule has 1 aromatic heterocycles. The van der Waals surface area contributed by atoms with Crippen LogP contribution < -0.4 is 10.6 Å². The van der Waals surface area contributed by atoms with E-state index in [2.05, 4.69) is 15.5 Å². The van der Waals surface area contributed by atoms with Crippen molar-refractivity contribution in [3.05, 3.63) is 59.0 Å². The molecule has 29 heavy (non-hydrogen) atoms. The highest BCUT2D eigenvalue weighted by Crippen LogP contribution is 2.23. The van der Waals surface area contributed by atoms with Crippen molar-refractivity contribution in [1.82, 2.24) is 15.5 Å². The van der Waals surface area contributed by atoms with Crippen molar-refractivity contribution in [3.63, 3.8) is 0 Å². The van der Waals surface area contributed by atoms with Gasteiger partial charge in [0.15, 0.2) is 0 Å². The monoisotopic (exact) mass is 399 g/mol. The molecule has 1 atom stereocenters. The van der Waals surface area contributed by atoms with Gasteiger partial charge in [-0.1, -0.05) is 18.2 Å². The average Bonchev–Trinajstić information content (AvgIpc) is 3.15. The molecule has 1 aliphatic rings. The van der Waals surface area contributed by atoms with Crippen LogP contribution in [0.2, 0.25) is 0 Å². The Kier molecular flexibility index (Phi) is 7.43. The number of benzene rings is 1. The number of nitrogens with one attached hydrogen (secondary N) is 2. The number of amides is 2. The topological polar surface area (TPSA) is 83.8 Å². The Bertz CT molecular complexity index is 827. The second kappa shape index (κ2) is 10.2. The van der Waals surface area contributed by atoms with E-state index in [-0.39, 0.29) is 24.3 Å². The van der Waals surface area contributed by atoms with Gasteiger partial charge < -0.3 is 19.8 Å². The molecule has 2 heterocycles. The van der Waals surface area contributed by atoms with Crippen LogP contribution in [0.3, 0.4) is 0 Å². The summed E-state index contributed by atoms with van der Waals surface area (Å²) in [4.78, 5) is 26.8. The highest BCUT2D eigenvalue weighted by molar-refractivity contribution is 5.95. The van der Waals surface area contributed by atoms with Gasteiger partial charge in [-0.15, -0.1) is 0 Å². The number of nitrogens with zero attached hydrogens (tertiary/aromatic N) is 1. The third kappa shape index (κ3) is 5.92. The molecule has 1 fully saturated rings. The van der Waals surface area contributed by atoms with Gasteiger partial charge in [-0.05, 0) is 37.6 Å². The van der Waals surface area contributed by atoms with Gasteiger partial charge >= 0.3 is 0 Å². The summed E-state index contributed by atoms with van der Waals surface area (Å²) < 4.78 is 11.3. The molecule has 0 radical (unpaired) electrons. The minimum atomic E-state index is -0.159. The van der Waals surface area contributed by atoms with Crippen molar-refractivity contribution >= 4 is 11.8 Å². The number of morpholine rings is 1. The van der Waals surface area contributed by atoms with Crippen molar-refractivity contribution < 1.29 is 18.7 Å². The first kappa shape index (κ1) is 21.1. The Morgan fingerprint density at radius 2 is 1.83 bits per heavy atom. The summed E-state index contributed by atoms with van der Waals surface area (Å²) in [5.41, 5.74) is 1.55. The second-order valence-corrected chi connectivity index (χ2v) is 7.24. The zero-order valence-electron chi connectivity index (χ0n) is 17.1. The molecule has 0 saturated carbocycles. The highest BCUT2D eigenvalue weighted by atomic mass is 16.5. The Labute approximate surface area is 171 Å². The van der Waals surface area contributed by atoms with Crippen LogP contribution in [0.25, 0.3) is 0 Å². The summed E-state index contributed by atoms with van der Waals surface area (Å²) in [6, 6.07) is 11.3. The summed E-state index contributed by atoms with van der Waals surface area (Å²) in [6.07, 6.45) is 0.227. The minimum Gasteiger partial charge on any atom is -0.465 e. The van der Waals surface area contributed by atoms with Crippen LogP contribution in [0.5, 0.6) is 0 Å². The minimum absolute atomic E-state index is 0.0295. The van der Waals surface area contributed by atoms with Gasteiger partial charge in [0.2, 0.25) is 5.91 Å². The fraction of sp³-hybridized carbons (Fsp3) is 0.455. The number of hydrogen-bond acceptors (Lipinski definition) is 5. The molecular weight excluding hydrogens is 370 g/mol. The van der Waals surface area contributed by atoms with Gasteiger partial charge in [-0.2, -0.15) is 0 Å². The summed E-state index contributed by atoms with van der Waals surface area (Å²) in [5.74, 6) is 1.44. The van der Waals surface area contributed by atoms with E-state index in [9.17, 15) is 9.59 Å². The lowest BCUT2D eigenvalue weighted by molar-refractivity contribution is -0.121. The number of furan rings is 1. The van der Waals surface area contributed by atoms with E-state index in [1.165, 1.54) is 0 Å². The van der Waals surface area contributed by atoms with E-state index < -0.39 is 0 Å². The first-order chi connectivity index (χ1) is 14.0. The first-order valence-corrected chi connectivity index (χ1v) is 10.0. The number of rotatable bonds is 8. The SMILES string of the molecule is Cc1ccc(C(CNC(=O)CCNC(=O)c2ccccc2C)N2CCOCC2)o1. The zero-order chi connectivity index (χ0) is 20.6. The van der Waals surface area contributed by atoms with Crippen LogP contribution >= 0.6 is 0 Å². The molecule has 2 aromatic rings. The zero-order valence-corrected chi connectivity index (χ0v) is 17.1. The number of ether oxygens (including phenoxy) is 1. The third-order valence-electron chi connectivity index (χ3n) is 5.10. The predicted molar refractivity (Wildman–Crippen MR) is 110 cm³/mol. The number of hydrogen-bond donors (Lipinski definition) is 2.